The molecule has 4 nitrogen and oxygen atoms in total. The molecule has 4 heteroatoms. The first-order valence-corrected chi connectivity index (χ1v) is 6.33. The monoisotopic (exact) mass is 228 g/mol. The first-order valence-electron chi connectivity index (χ1n) is 6.33. The summed E-state index contributed by atoms with van der Waals surface area (Å²) in [6.07, 6.45) is 5.86. The molecule has 2 unspecified atom stereocenters. The van der Waals surface area contributed by atoms with Crippen LogP contribution < -0.4 is 5.32 Å². The highest BCUT2D eigenvalue weighted by atomic mass is 16.3. The molecule has 1 fully saturated rings. The number of aliphatic hydroxyl groups is 1. The van der Waals surface area contributed by atoms with Crippen LogP contribution in [0.3, 0.4) is 0 Å². The van der Waals surface area contributed by atoms with Crippen molar-refractivity contribution in [1.82, 2.24) is 10.2 Å². The van der Waals surface area contributed by atoms with Crippen molar-refractivity contribution in [2.75, 3.05) is 13.6 Å². The second kappa shape index (κ2) is 6.74. The third kappa shape index (κ3) is 4.39. The third-order valence-electron chi connectivity index (χ3n) is 3.16. The molecule has 0 aromatic rings. The summed E-state index contributed by atoms with van der Waals surface area (Å²) >= 11 is 0. The molecule has 16 heavy (non-hydrogen) atoms. The van der Waals surface area contributed by atoms with Gasteiger partial charge in [0.25, 0.3) is 0 Å². The van der Waals surface area contributed by atoms with Gasteiger partial charge in [0.05, 0.1) is 6.10 Å². The zero-order valence-electron chi connectivity index (χ0n) is 10.4. The fourth-order valence-corrected chi connectivity index (χ4v) is 2.08. The number of aliphatic hydroxyl groups excluding tert-OH is 1. The topological polar surface area (TPSA) is 52.6 Å². The molecule has 0 aromatic carbocycles. The minimum atomic E-state index is -0.200. The number of hydrogen-bond acceptors (Lipinski definition) is 2. The number of nitrogens with zero attached hydrogens (tertiary/aromatic N) is 1. The van der Waals surface area contributed by atoms with E-state index in [1.807, 2.05) is 0 Å². The lowest BCUT2D eigenvalue weighted by Gasteiger charge is -2.13. The Balaban J connectivity index is 2.08. The van der Waals surface area contributed by atoms with Crippen LogP contribution in [0.25, 0.3) is 0 Å². The van der Waals surface area contributed by atoms with E-state index in [9.17, 15) is 9.90 Å². The molecule has 1 heterocycles. The van der Waals surface area contributed by atoms with Gasteiger partial charge in [-0.05, 0) is 19.3 Å². The van der Waals surface area contributed by atoms with Crippen LogP contribution in [0.4, 0.5) is 4.79 Å². The maximum absolute atomic E-state index is 11.2. The van der Waals surface area contributed by atoms with E-state index in [1.165, 1.54) is 12.8 Å². The summed E-state index contributed by atoms with van der Waals surface area (Å²) in [4.78, 5) is 12.9. The minimum absolute atomic E-state index is 0.00507. The quantitative estimate of drug-likeness (QED) is 0.652. The molecule has 2 atom stereocenters. The smallest absolute Gasteiger partial charge is 0.317 e. The number of unbranched alkanes of at least 4 members (excludes halogenated alkanes) is 2. The summed E-state index contributed by atoms with van der Waals surface area (Å²) in [6.45, 7) is 2.93. The fraction of sp³-hybridized carbons (Fsp3) is 0.917. The van der Waals surface area contributed by atoms with Gasteiger partial charge in [-0.15, -0.1) is 0 Å². The number of carbonyl (C=O) groups is 1. The molecule has 0 aromatic heterocycles. The molecule has 0 radical (unpaired) electrons. The number of rotatable bonds is 7. The van der Waals surface area contributed by atoms with Crippen LogP contribution in [0.15, 0.2) is 0 Å². The molecule has 0 bridgehead atoms. The summed E-state index contributed by atoms with van der Waals surface area (Å²) < 4.78 is 0. The number of likely N-dealkylation sites (N-methyl/N-ethyl adjacent to an activating group) is 1. The third-order valence-corrected chi connectivity index (χ3v) is 3.16. The number of urea groups is 1. The van der Waals surface area contributed by atoms with Crippen LogP contribution in [0.1, 0.15) is 45.4 Å². The van der Waals surface area contributed by atoms with Gasteiger partial charge in [0.2, 0.25) is 0 Å². The molecule has 1 saturated heterocycles. The Hall–Kier alpha value is -0.770. The van der Waals surface area contributed by atoms with Crippen molar-refractivity contribution in [3.05, 3.63) is 0 Å². The molecule has 2 amide bonds. The Kier molecular flexibility index (Phi) is 5.60. The van der Waals surface area contributed by atoms with Crippen molar-refractivity contribution in [2.24, 2.45) is 0 Å². The van der Waals surface area contributed by atoms with Crippen LogP contribution in [-0.4, -0.2) is 41.8 Å². The van der Waals surface area contributed by atoms with Gasteiger partial charge in [-0.2, -0.15) is 0 Å². The Morgan fingerprint density at radius 2 is 2.25 bits per heavy atom. The molecule has 0 saturated carbocycles. The largest absolute Gasteiger partial charge is 0.393 e. The van der Waals surface area contributed by atoms with Crippen LogP contribution >= 0.6 is 0 Å². The van der Waals surface area contributed by atoms with E-state index in [0.717, 1.165) is 32.2 Å². The van der Waals surface area contributed by atoms with Crippen molar-refractivity contribution in [3.8, 4) is 0 Å². The predicted molar refractivity (Wildman–Crippen MR) is 64.3 cm³/mol. The average molecular weight is 228 g/mol. The summed E-state index contributed by atoms with van der Waals surface area (Å²) in [5, 5.41) is 12.6. The predicted octanol–water partition coefficient (Wildman–Crippen LogP) is 1.73. The Labute approximate surface area is 98.0 Å². The van der Waals surface area contributed by atoms with Gasteiger partial charge >= 0.3 is 6.03 Å². The van der Waals surface area contributed by atoms with Crippen LogP contribution in [0, 0.1) is 0 Å². The lowest BCUT2D eigenvalue weighted by atomic mass is 10.0. The molecular weight excluding hydrogens is 204 g/mol. The summed E-state index contributed by atoms with van der Waals surface area (Å²) in [7, 11) is 1.80. The molecule has 2 N–H and O–H groups in total. The van der Waals surface area contributed by atoms with Crippen molar-refractivity contribution in [3.63, 3.8) is 0 Å². The first-order chi connectivity index (χ1) is 7.63. The number of nitrogens with one attached hydrogen (secondary N) is 1. The molecule has 0 spiro atoms. The van der Waals surface area contributed by atoms with Gasteiger partial charge in [0, 0.05) is 19.6 Å². The maximum atomic E-state index is 11.2. The Morgan fingerprint density at radius 3 is 2.81 bits per heavy atom. The molecule has 1 rings (SSSR count). The van der Waals surface area contributed by atoms with E-state index >= 15 is 0 Å². The lowest BCUT2D eigenvalue weighted by Crippen LogP contribution is -2.27. The van der Waals surface area contributed by atoms with E-state index in [0.29, 0.717) is 0 Å². The maximum Gasteiger partial charge on any atom is 0.317 e. The van der Waals surface area contributed by atoms with Crippen molar-refractivity contribution >= 4 is 6.03 Å². The summed E-state index contributed by atoms with van der Waals surface area (Å²) in [6, 6.07) is 0.226. The second-order valence-electron chi connectivity index (χ2n) is 4.75. The van der Waals surface area contributed by atoms with E-state index in [-0.39, 0.29) is 18.2 Å². The lowest BCUT2D eigenvalue weighted by molar-refractivity contribution is 0.145. The van der Waals surface area contributed by atoms with E-state index < -0.39 is 0 Å². The SMILES string of the molecule is CCCCCC(O)CCC1CN(C)C(=O)N1. The number of carbonyl (C=O) groups excluding carboxylic acids is 1. The van der Waals surface area contributed by atoms with Gasteiger partial charge in [0.15, 0.2) is 0 Å². The van der Waals surface area contributed by atoms with Crippen LogP contribution in [-0.2, 0) is 0 Å². The number of amides is 2. The first kappa shape index (κ1) is 13.3. The molecule has 1 aliphatic rings. The van der Waals surface area contributed by atoms with Crippen molar-refractivity contribution in [2.45, 2.75) is 57.6 Å². The minimum Gasteiger partial charge on any atom is -0.393 e. The summed E-state index contributed by atoms with van der Waals surface area (Å²) in [5.74, 6) is 0. The van der Waals surface area contributed by atoms with Gasteiger partial charge in [0.1, 0.15) is 0 Å². The number of hydrogen-bond donors (Lipinski definition) is 2. The van der Waals surface area contributed by atoms with Gasteiger partial charge in [-0.3, -0.25) is 0 Å². The van der Waals surface area contributed by atoms with Gasteiger partial charge in [-0.25, -0.2) is 4.79 Å². The zero-order chi connectivity index (χ0) is 12.0. The highest BCUT2D eigenvalue weighted by Crippen LogP contribution is 2.12. The molecule has 1 aliphatic heterocycles. The fourth-order valence-electron chi connectivity index (χ4n) is 2.08. The highest BCUT2D eigenvalue weighted by Gasteiger charge is 2.25. The molecule has 94 valence electrons. The summed E-state index contributed by atoms with van der Waals surface area (Å²) in [5.41, 5.74) is 0. The zero-order valence-corrected chi connectivity index (χ0v) is 10.4. The van der Waals surface area contributed by atoms with Gasteiger partial charge < -0.3 is 15.3 Å². The van der Waals surface area contributed by atoms with Crippen LogP contribution in [0.5, 0.6) is 0 Å². The Bertz CT molecular complexity index is 221. The van der Waals surface area contributed by atoms with E-state index in [4.69, 9.17) is 0 Å². The van der Waals surface area contributed by atoms with E-state index in [1.54, 1.807) is 11.9 Å². The second-order valence-corrected chi connectivity index (χ2v) is 4.75. The Morgan fingerprint density at radius 1 is 1.50 bits per heavy atom. The van der Waals surface area contributed by atoms with Crippen molar-refractivity contribution in [1.29, 1.82) is 0 Å². The van der Waals surface area contributed by atoms with E-state index in [2.05, 4.69) is 12.2 Å². The standard InChI is InChI=1S/C12H24N2O2/c1-3-4-5-6-11(15)8-7-10-9-14(2)12(16)13-10/h10-11,15H,3-9H2,1-2H3,(H,13,16). The van der Waals surface area contributed by atoms with Gasteiger partial charge in [-0.1, -0.05) is 26.2 Å². The molecule has 0 aliphatic carbocycles. The highest BCUT2D eigenvalue weighted by molar-refractivity contribution is 5.76. The average Bonchev–Trinajstić information content (AvgIpc) is 2.56. The van der Waals surface area contributed by atoms with Crippen LogP contribution in [0.2, 0.25) is 0 Å². The molecular formula is C12H24N2O2. The normalized spacial score (nSPS) is 22.3. The van der Waals surface area contributed by atoms with Crippen molar-refractivity contribution < 1.29 is 9.90 Å².